The molecule has 0 aliphatic carbocycles. The molecule has 0 aromatic carbocycles. The smallest absolute Gasteiger partial charge is 0.0620 e. The summed E-state index contributed by atoms with van der Waals surface area (Å²) in [5, 5.41) is 7.78. The van der Waals surface area contributed by atoms with Crippen molar-refractivity contribution in [3.05, 3.63) is 0 Å². The molecule has 3 N–H and O–H groups in total. The molecule has 5 nitrogen and oxygen atoms in total. The van der Waals surface area contributed by atoms with E-state index in [2.05, 4.69) is 26.8 Å². The second-order valence-corrected chi connectivity index (χ2v) is 3.96. The standard InChI is InChI=1S/C10H23N5/c1-2-4-6-8-10-12-14-15-13-11-9-7-5-3-1/h1-10H2,(H,13,14)(H2,11,12,15). The van der Waals surface area contributed by atoms with Crippen LogP contribution in [0.25, 0.3) is 0 Å². The molecule has 1 aliphatic rings. The van der Waals surface area contributed by atoms with Gasteiger partial charge in [-0.2, -0.15) is 10.6 Å². The van der Waals surface area contributed by atoms with Crippen LogP contribution in [0.2, 0.25) is 0 Å². The maximum absolute atomic E-state index is 3.99. The highest BCUT2D eigenvalue weighted by Gasteiger charge is 1.93. The van der Waals surface area contributed by atoms with E-state index in [1.165, 1.54) is 44.9 Å². The van der Waals surface area contributed by atoms with E-state index in [9.17, 15) is 0 Å². The second kappa shape index (κ2) is 9.86. The summed E-state index contributed by atoms with van der Waals surface area (Å²) in [7, 11) is 0. The normalized spacial score (nSPS) is 22.4. The van der Waals surface area contributed by atoms with Crippen molar-refractivity contribution in [1.82, 2.24) is 16.5 Å². The van der Waals surface area contributed by atoms with E-state index in [1.54, 1.807) is 0 Å². The lowest BCUT2D eigenvalue weighted by molar-refractivity contribution is 0.420. The molecule has 0 aromatic heterocycles. The first-order valence-corrected chi connectivity index (χ1v) is 6.09. The average molecular weight is 213 g/mol. The van der Waals surface area contributed by atoms with Crippen LogP contribution in [0, 0.1) is 0 Å². The highest BCUT2D eigenvalue weighted by atomic mass is 15.7. The molecule has 0 unspecified atom stereocenters. The van der Waals surface area contributed by atoms with Crippen LogP contribution in [0.3, 0.4) is 0 Å². The Hall–Kier alpha value is -0.680. The van der Waals surface area contributed by atoms with Gasteiger partial charge < -0.3 is 0 Å². The lowest BCUT2D eigenvalue weighted by Gasteiger charge is -2.04. The summed E-state index contributed by atoms with van der Waals surface area (Å²) in [4.78, 5) is 0. The molecule has 0 saturated carbocycles. The minimum Gasteiger partial charge on any atom is -0.239 e. The van der Waals surface area contributed by atoms with Gasteiger partial charge in [0.05, 0.1) is 6.54 Å². The van der Waals surface area contributed by atoms with Crippen molar-refractivity contribution in [2.75, 3.05) is 13.1 Å². The summed E-state index contributed by atoms with van der Waals surface area (Å²) in [6, 6.07) is 0. The number of nitrogens with one attached hydrogen (secondary N) is 3. The first-order chi connectivity index (χ1) is 7.50. The minimum atomic E-state index is 0.828. The molecule has 0 radical (unpaired) electrons. The van der Waals surface area contributed by atoms with E-state index < -0.39 is 0 Å². The van der Waals surface area contributed by atoms with Gasteiger partial charge in [0.2, 0.25) is 0 Å². The Morgan fingerprint density at radius 3 is 2.20 bits per heavy atom. The van der Waals surface area contributed by atoms with Crippen molar-refractivity contribution < 1.29 is 0 Å². The monoisotopic (exact) mass is 213 g/mol. The van der Waals surface area contributed by atoms with E-state index in [0.717, 1.165) is 19.5 Å². The highest BCUT2D eigenvalue weighted by molar-refractivity contribution is 4.49. The Morgan fingerprint density at radius 2 is 1.40 bits per heavy atom. The molecule has 5 heteroatoms. The lowest BCUT2D eigenvalue weighted by Crippen LogP contribution is -2.40. The van der Waals surface area contributed by atoms with Crippen LogP contribution < -0.4 is 16.5 Å². The van der Waals surface area contributed by atoms with Crippen molar-refractivity contribution in [1.29, 1.82) is 0 Å². The average Bonchev–Trinajstić information content (AvgIpc) is 2.27. The van der Waals surface area contributed by atoms with E-state index in [1.807, 2.05) is 0 Å². The van der Waals surface area contributed by atoms with Crippen molar-refractivity contribution in [3.8, 4) is 0 Å². The predicted octanol–water partition coefficient (Wildman–Crippen LogP) is 2.09. The molecular weight excluding hydrogens is 190 g/mol. The van der Waals surface area contributed by atoms with Crippen LogP contribution >= 0.6 is 0 Å². The fourth-order valence-electron chi connectivity index (χ4n) is 1.67. The molecule has 1 heterocycles. The summed E-state index contributed by atoms with van der Waals surface area (Å²) < 4.78 is 0. The van der Waals surface area contributed by atoms with Gasteiger partial charge in [0.25, 0.3) is 0 Å². The van der Waals surface area contributed by atoms with Gasteiger partial charge in [0, 0.05) is 6.54 Å². The molecule has 88 valence electrons. The van der Waals surface area contributed by atoms with Crippen LogP contribution in [-0.4, -0.2) is 13.1 Å². The zero-order valence-electron chi connectivity index (χ0n) is 9.47. The predicted molar refractivity (Wildman–Crippen MR) is 60.9 cm³/mol. The van der Waals surface area contributed by atoms with Gasteiger partial charge in [0.15, 0.2) is 0 Å². The first kappa shape index (κ1) is 12.4. The quantitative estimate of drug-likeness (QED) is 0.577. The number of hydrazine groups is 2. The van der Waals surface area contributed by atoms with E-state index in [0.29, 0.717) is 0 Å². The Kier molecular flexibility index (Phi) is 8.14. The summed E-state index contributed by atoms with van der Waals surface area (Å²) in [6.07, 6.45) is 10.4. The molecule has 15 heavy (non-hydrogen) atoms. The maximum atomic E-state index is 3.99. The molecule has 1 aliphatic heterocycles. The third-order valence-electron chi connectivity index (χ3n) is 2.57. The SMILES string of the molecule is C1CCCCCNNNN=NCCCC1. The zero-order valence-corrected chi connectivity index (χ0v) is 9.47. The molecule has 0 saturated heterocycles. The Balaban J connectivity index is 2.08. The van der Waals surface area contributed by atoms with Crippen LogP contribution in [0.4, 0.5) is 0 Å². The lowest BCUT2D eigenvalue weighted by atomic mass is 10.1. The molecule has 0 amide bonds. The topological polar surface area (TPSA) is 60.8 Å². The number of nitrogens with zero attached hydrogens (tertiary/aromatic N) is 2. The first-order valence-electron chi connectivity index (χ1n) is 6.09. The zero-order chi connectivity index (χ0) is 10.6. The fraction of sp³-hybridized carbons (Fsp3) is 1.00. The molecule has 1 rings (SSSR count). The van der Waals surface area contributed by atoms with Crippen molar-refractivity contribution >= 4 is 0 Å². The molecule has 0 aromatic rings. The Labute approximate surface area is 92.0 Å². The van der Waals surface area contributed by atoms with Crippen LogP contribution in [0.5, 0.6) is 0 Å². The van der Waals surface area contributed by atoms with Crippen LogP contribution in [0.15, 0.2) is 10.3 Å². The third-order valence-corrected chi connectivity index (χ3v) is 2.57. The number of rotatable bonds is 0. The summed E-state index contributed by atoms with van der Waals surface area (Å²) >= 11 is 0. The number of hydrogen-bond acceptors (Lipinski definition) is 5. The van der Waals surface area contributed by atoms with Gasteiger partial charge in [-0.05, 0) is 12.8 Å². The third kappa shape index (κ3) is 8.32. The van der Waals surface area contributed by atoms with Gasteiger partial charge in [-0.3, -0.25) is 0 Å². The molecule has 0 atom stereocenters. The molecule has 0 bridgehead atoms. The van der Waals surface area contributed by atoms with Crippen LogP contribution in [0.1, 0.15) is 51.4 Å². The molecule has 0 spiro atoms. The van der Waals surface area contributed by atoms with E-state index >= 15 is 0 Å². The van der Waals surface area contributed by atoms with Gasteiger partial charge in [-0.25, -0.2) is 11.0 Å². The second-order valence-electron chi connectivity index (χ2n) is 3.96. The van der Waals surface area contributed by atoms with Gasteiger partial charge in [-0.1, -0.05) is 43.7 Å². The van der Waals surface area contributed by atoms with Crippen molar-refractivity contribution in [2.24, 2.45) is 10.3 Å². The van der Waals surface area contributed by atoms with E-state index in [-0.39, 0.29) is 0 Å². The highest BCUT2D eigenvalue weighted by Crippen LogP contribution is 2.08. The Bertz CT molecular complexity index is 144. The van der Waals surface area contributed by atoms with Crippen molar-refractivity contribution in [3.63, 3.8) is 0 Å². The summed E-state index contributed by atoms with van der Waals surface area (Å²) in [5.74, 6) is 0. The fourth-order valence-corrected chi connectivity index (χ4v) is 1.67. The molecule has 0 fully saturated rings. The Morgan fingerprint density at radius 1 is 0.733 bits per heavy atom. The largest absolute Gasteiger partial charge is 0.239 e. The van der Waals surface area contributed by atoms with Crippen LogP contribution in [-0.2, 0) is 0 Å². The summed E-state index contributed by atoms with van der Waals surface area (Å²) in [5.41, 5.74) is 8.49. The van der Waals surface area contributed by atoms with Crippen molar-refractivity contribution in [2.45, 2.75) is 51.4 Å². The molecular formula is C10H23N5. The maximum Gasteiger partial charge on any atom is 0.0620 e. The minimum absolute atomic E-state index is 0.828. The number of hydrogen-bond donors (Lipinski definition) is 3. The van der Waals surface area contributed by atoms with Gasteiger partial charge >= 0.3 is 0 Å². The van der Waals surface area contributed by atoms with Gasteiger partial charge in [0.1, 0.15) is 0 Å². The summed E-state index contributed by atoms with van der Waals surface area (Å²) in [6.45, 7) is 1.80. The van der Waals surface area contributed by atoms with E-state index in [4.69, 9.17) is 0 Å². The van der Waals surface area contributed by atoms with Gasteiger partial charge in [-0.15, -0.1) is 0 Å².